The fourth-order valence-electron chi connectivity index (χ4n) is 2.15. The summed E-state index contributed by atoms with van der Waals surface area (Å²) in [7, 11) is 0. The number of rotatable bonds is 5. The van der Waals surface area contributed by atoms with Gasteiger partial charge >= 0.3 is 0 Å². The number of Topliss-reactive ketones (excluding diaryl/α,β-unsaturated/α-hetero) is 1. The fourth-order valence-corrected chi connectivity index (χ4v) is 2.64. The van der Waals surface area contributed by atoms with E-state index in [1.807, 2.05) is 11.8 Å². The molecule has 15 heavy (non-hydrogen) atoms. The molecule has 0 aromatic rings. The molecular formula is C12H23NOS. The summed E-state index contributed by atoms with van der Waals surface area (Å²) in [4.78, 5) is 14.0. The molecule has 1 aliphatic heterocycles. The lowest BCUT2D eigenvalue weighted by atomic mass is 9.90. The number of hydrogen-bond acceptors (Lipinski definition) is 3. The van der Waals surface area contributed by atoms with Crippen molar-refractivity contribution in [3.05, 3.63) is 0 Å². The van der Waals surface area contributed by atoms with Crippen molar-refractivity contribution in [3.8, 4) is 0 Å². The van der Waals surface area contributed by atoms with Crippen molar-refractivity contribution < 1.29 is 4.79 Å². The Morgan fingerprint density at radius 2 is 2.13 bits per heavy atom. The van der Waals surface area contributed by atoms with Gasteiger partial charge in [0, 0.05) is 24.9 Å². The van der Waals surface area contributed by atoms with Crippen molar-refractivity contribution in [2.75, 3.05) is 25.1 Å². The van der Waals surface area contributed by atoms with E-state index in [0.717, 1.165) is 13.0 Å². The highest BCUT2D eigenvalue weighted by Gasteiger charge is 2.29. The second-order valence-corrected chi connectivity index (χ2v) is 5.47. The number of ketones is 1. The van der Waals surface area contributed by atoms with E-state index in [1.54, 1.807) is 0 Å². The van der Waals surface area contributed by atoms with Crippen LogP contribution in [0.4, 0.5) is 0 Å². The highest BCUT2D eigenvalue weighted by atomic mass is 32.2. The van der Waals surface area contributed by atoms with Gasteiger partial charge in [-0.1, -0.05) is 6.92 Å². The van der Waals surface area contributed by atoms with Crippen LogP contribution in [-0.2, 0) is 4.79 Å². The van der Waals surface area contributed by atoms with Crippen molar-refractivity contribution in [2.45, 2.75) is 39.2 Å². The number of piperidine rings is 1. The molecule has 0 aromatic heterocycles. The van der Waals surface area contributed by atoms with Crippen molar-refractivity contribution in [2.24, 2.45) is 5.92 Å². The van der Waals surface area contributed by atoms with Gasteiger partial charge in [0.2, 0.25) is 0 Å². The average molecular weight is 229 g/mol. The van der Waals surface area contributed by atoms with E-state index in [0.29, 0.717) is 11.8 Å². The molecule has 1 heterocycles. The van der Waals surface area contributed by atoms with Crippen LogP contribution >= 0.6 is 11.8 Å². The summed E-state index contributed by atoms with van der Waals surface area (Å²) in [5.41, 5.74) is 0. The Kier molecular flexibility index (Phi) is 5.69. The van der Waals surface area contributed by atoms with Crippen LogP contribution in [-0.4, -0.2) is 41.8 Å². The Bertz CT molecular complexity index is 208. The summed E-state index contributed by atoms with van der Waals surface area (Å²) >= 11 is 1.92. The molecule has 0 spiro atoms. The molecule has 0 aliphatic carbocycles. The molecule has 0 saturated carbocycles. The van der Waals surface area contributed by atoms with Gasteiger partial charge in [-0.25, -0.2) is 0 Å². The average Bonchev–Trinajstić information content (AvgIpc) is 2.24. The Morgan fingerprint density at radius 1 is 1.40 bits per heavy atom. The van der Waals surface area contributed by atoms with E-state index in [9.17, 15) is 4.79 Å². The summed E-state index contributed by atoms with van der Waals surface area (Å²) in [6.45, 7) is 6.40. The third-order valence-corrected chi connectivity index (χ3v) is 4.19. The van der Waals surface area contributed by atoms with Crippen LogP contribution in [0.3, 0.4) is 0 Å². The van der Waals surface area contributed by atoms with Crippen LogP contribution in [0.25, 0.3) is 0 Å². The van der Waals surface area contributed by atoms with Crippen molar-refractivity contribution in [1.82, 2.24) is 4.90 Å². The lowest BCUT2D eigenvalue weighted by Gasteiger charge is -2.36. The molecule has 2 atom stereocenters. The first-order valence-corrected chi connectivity index (χ1v) is 7.32. The monoisotopic (exact) mass is 229 g/mol. The maximum absolute atomic E-state index is 11.5. The number of carbonyl (C=O) groups excluding carboxylic acids is 1. The van der Waals surface area contributed by atoms with Crippen LogP contribution in [0.2, 0.25) is 0 Å². The second-order valence-electron chi connectivity index (χ2n) is 4.48. The third-order valence-electron chi connectivity index (χ3n) is 3.50. The first kappa shape index (κ1) is 13.0. The molecule has 1 rings (SSSR count). The van der Waals surface area contributed by atoms with Gasteiger partial charge in [-0.2, -0.15) is 11.8 Å². The number of likely N-dealkylation sites (tertiary alicyclic amines) is 1. The number of unbranched alkanes of at least 4 members (excludes halogenated alkanes) is 1. The van der Waals surface area contributed by atoms with E-state index in [1.165, 1.54) is 25.1 Å². The zero-order valence-electron chi connectivity index (χ0n) is 10.2. The van der Waals surface area contributed by atoms with Crippen LogP contribution in [0.15, 0.2) is 0 Å². The first-order valence-electron chi connectivity index (χ1n) is 5.92. The van der Waals surface area contributed by atoms with E-state index < -0.39 is 0 Å². The Hall–Kier alpha value is -0.0200. The highest BCUT2D eigenvalue weighted by Crippen LogP contribution is 2.20. The predicted molar refractivity (Wildman–Crippen MR) is 67.4 cm³/mol. The maximum atomic E-state index is 11.5. The van der Waals surface area contributed by atoms with Crippen molar-refractivity contribution >= 4 is 17.5 Å². The Balaban J connectivity index is 2.26. The van der Waals surface area contributed by atoms with Gasteiger partial charge < -0.3 is 0 Å². The largest absolute Gasteiger partial charge is 0.300 e. The minimum atomic E-state index is 0.235. The van der Waals surface area contributed by atoms with Gasteiger partial charge in [-0.3, -0.25) is 9.69 Å². The molecule has 2 nitrogen and oxygen atoms in total. The molecule has 2 unspecified atom stereocenters. The van der Waals surface area contributed by atoms with Gasteiger partial charge in [0.15, 0.2) is 0 Å². The zero-order valence-corrected chi connectivity index (χ0v) is 11.0. The normalized spacial score (nSPS) is 28.3. The van der Waals surface area contributed by atoms with Crippen molar-refractivity contribution in [3.63, 3.8) is 0 Å². The quantitative estimate of drug-likeness (QED) is 0.675. The van der Waals surface area contributed by atoms with Crippen LogP contribution in [0.1, 0.15) is 33.1 Å². The van der Waals surface area contributed by atoms with Crippen LogP contribution in [0.5, 0.6) is 0 Å². The fraction of sp³-hybridized carbons (Fsp3) is 0.917. The van der Waals surface area contributed by atoms with Crippen LogP contribution in [0, 0.1) is 5.92 Å². The molecular weight excluding hydrogens is 206 g/mol. The minimum Gasteiger partial charge on any atom is -0.300 e. The topological polar surface area (TPSA) is 20.3 Å². The number of carbonyl (C=O) groups is 1. The SMILES string of the molecule is CSCCCCN1CCC(=O)C(C)C1C. The highest BCUT2D eigenvalue weighted by molar-refractivity contribution is 7.98. The number of hydrogen-bond donors (Lipinski definition) is 0. The first-order chi connectivity index (χ1) is 7.16. The second kappa shape index (κ2) is 6.54. The molecule has 0 N–H and O–H groups in total. The summed E-state index contributed by atoms with van der Waals surface area (Å²) in [6.07, 6.45) is 5.48. The molecule has 1 fully saturated rings. The molecule has 1 aliphatic rings. The predicted octanol–water partition coefficient (Wildman–Crippen LogP) is 2.43. The smallest absolute Gasteiger partial charge is 0.138 e. The standard InChI is InChI=1S/C12H23NOS/c1-10-11(2)13(8-6-12(10)14)7-4-5-9-15-3/h10-11H,4-9H2,1-3H3. The molecule has 0 radical (unpaired) electrons. The van der Waals surface area contributed by atoms with E-state index in [4.69, 9.17) is 0 Å². The van der Waals surface area contributed by atoms with Crippen LogP contribution < -0.4 is 0 Å². The summed E-state index contributed by atoms with van der Waals surface area (Å²) in [5, 5.41) is 0. The van der Waals surface area contributed by atoms with Crippen molar-refractivity contribution in [1.29, 1.82) is 0 Å². The summed E-state index contributed by atoms with van der Waals surface area (Å²) in [6, 6.07) is 0.445. The molecule has 3 heteroatoms. The minimum absolute atomic E-state index is 0.235. The summed E-state index contributed by atoms with van der Waals surface area (Å²) in [5.74, 6) is 1.94. The molecule has 0 bridgehead atoms. The van der Waals surface area contributed by atoms with E-state index in [2.05, 4.69) is 25.0 Å². The van der Waals surface area contributed by atoms with E-state index in [-0.39, 0.29) is 5.92 Å². The summed E-state index contributed by atoms with van der Waals surface area (Å²) < 4.78 is 0. The number of nitrogens with zero attached hydrogens (tertiary/aromatic N) is 1. The number of thioether (sulfide) groups is 1. The van der Waals surface area contributed by atoms with Gasteiger partial charge in [0.25, 0.3) is 0 Å². The van der Waals surface area contributed by atoms with Gasteiger partial charge in [0.05, 0.1) is 0 Å². The Labute approximate surface area is 97.8 Å². The molecule has 0 amide bonds. The Morgan fingerprint density at radius 3 is 2.80 bits per heavy atom. The van der Waals surface area contributed by atoms with Gasteiger partial charge in [-0.05, 0) is 38.3 Å². The lowest BCUT2D eigenvalue weighted by Crippen LogP contribution is -2.47. The zero-order chi connectivity index (χ0) is 11.3. The van der Waals surface area contributed by atoms with E-state index >= 15 is 0 Å². The van der Waals surface area contributed by atoms with Gasteiger partial charge in [0.1, 0.15) is 5.78 Å². The lowest BCUT2D eigenvalue weighted by molar-refractivity contribution is -0.127. The molecule has 0 aromatic carbocycles. The molecule has 1 saturated heterocycles. The maximum Gasteiger partial charge on any atom is 0.138 e. The molecule has 88 valence electrons. The van der Waals surface area contributed by atoms with Gasteiger partial charge in [-0.15, -0.1) is 0 Å². The third kappa shape index (κ3) is 3.80.